The molecule has 5 heteroatoms. The molecule has 2 amide bonds. The van der Waals surface area contributed by atoms with E-state index >= 15 is 0 Å². The molecule has 0 saturated heterocycles. The first-order valence-electron chi connectivity index (χ1n) is 6.54. The van der Waals surface area contributed by atoms with Crippen LogP contribution in [0.2, 0.25) is 0 Å². The Balaban J connectivity index is 1.76. The van der Waals surface area contributed by atoms with Crippen LogP contribution in [0.5, 0.6) is 0 Å². The lowest BCUT2D eigenvalue weighted by molar-refractivity contribution is -0.116. The summed E-state index contributed by atoms with van der Waals surface area (Å²) in [6.07, 6.45) is 0.240. The lowest BCUT2D eigenvalue weighted by Crippen LogP contribution is -2.27. The third-order valence-electron chi connectivity index (χ3n) is 2.78. The molecular weight excluding hydrogens is 379 g/mol. The molecule has 0 unspecified atom stereocenters. The van der Waals surface area contributed by atoms with Crippen molar-refractivity contribution in [3.05, 3.63) is 63.7 Å². The summed E-state index contributed by atoms with van der Waals surface area (Å²) < 4.78 is 1.06. The third kappa shape index (κ3) is 5.18. The number of nitrogens with one attached hydrogen (secondary N) is 2. The molecule has 0 radical (unpaired) electrons. The zero-order valence-electron chi connectivity index (χ0n) is 11.3. The second kappa shape index (κ2) is 7.78. The van der Waals surface area contributed by atoms with Gasteiger partial charge in [-0.15, -0.1) is 0 Å². The van der Waals surface area contributed by atoms with Gasteiger partial charge in [0.2, 0.25) is 5.91 Å². The minimum Gasteiger partial charge on any atom is -0.352 e. The van der Waals surface area contributed by atoms with Crippen molar-refractivity contribution in [3.63, 3.8) is 0 Å². The Morgan fingerprint density at radius 3 is 2.48 bits per heavy atom. The summed E-state index contributed by atoms with van der Waals surface area (Å²) in [6, 6.07) is 16.5. The van der Waals surface area contributed by atoms with Crippen molar-refractivity contribution in [1.82, 2.24) is 5.32 Å². The SMILES string of the molecule is O=C(CCNC(=O)c1ccccc1)Nc1cccc(I)c1. The highest BCUT2D eigenvalue weighted by molar-refractivity contribution is 14.1. The standard InChI is InChI=1S/C16H15IN2O2/c17-13-7-4-8-14(11-13)19-15(20)9-10-18-16(21)12-5-2-1-3-6-12/h1-8,11H,9-10H2,(H,18,21)(H,19,20). The van der Waals surface area contributed by atoms with Crippen LogP contribution in [-0.2, 0) is 4.79 Å². The van der Waals surface area contributed by atoms with E-state index in [2.05, 4.69) is 33.2 Å². The highest BCUT2D eigenvalue weighted by atomic mass is 127. The van der Waals surface area contributed by atoms with E-state index < -0.39 is 0 Å². The van der Waals surface area contributed by atoms with Crippen molar-refractivity contribution in [1.29, 1.82) is 0 Å². The van der Waals surface area contributed by atoms with Gasteiger partial charge in [-0.3, -0.25) is 9.59 Å². The number of carbonyl (C=O) groups is 2. The van der Waals surface area contributed by atoms with Crippen LogP contribution in [0.3, 0.4) is 0 Å². The molecule has 4 nitrogen and oxygen atoms in total. The molecule has 2 aromatic carbocycles. The van der Waals surface area contributed by atoms with E-state index in [-0.39, 0.29) is 18.2 Å². The second-order valence-electron chi connectivity index (χ2n) is 4.43. The highest BCUT2D eigenvalue weighted by Gasteiger charge is 2.06. The third-order valence-corrected chi connectivity index (χ3v) is 3.45. The normalized spacial score (nSPS) is 9.95. The fourth-order valence-corrected chi connectivity index (χ4v) is 2.31. The number of halogens is 1. The number of rotatable bonds is 5. The number of amides is 2. The van der Waals surface area contributed by atoms with Crippen molar-refractivity contribution >= 4 is 40.1 Å². The average Bonchev–Trinajstić information content (AvgIpc) is 2.48. The van der Waals surface area contributed by atoms with E-state index in [0.717, 1.165) is 9.26 Å². The van der Waals surface area contributed by atoms with Gasteiger partial charge in [0.05, 0.1) is 0 Å². The van der Waals surface area contributed by atoms with Gasteiger partial charge in [-0.2, -0.15) is 0 Å². The molecule has 0 aliphatic rings. The van der Waals surface area contributed by atoms with Crippen LogP contribution in [0.1, 0.15) is 16.8 Å². The van der Waals surface area contributed by atoms with Gasteiger partial charge in [-0.1, -0.05) is 24.3 Å². The smallest absolute Gasteiger partial charge is 0.251 e. The van der Waals surface area contributed by atoms with Gasteiger partial charge < -0.3 is 10.6 Å². The molecule has 2 aromatic rings. The van der Waals surface area contributed by atoms with Gasteiger partial charge in [0.25, 0.3) is 5.91 Å². The highest BCUT2D eigenvalue weighted by Crippen LogP contribution is 2.12. The molecule has 0 bridgehead atoms. The summed E-state index contributed by atoms with van der Waals surface area (Å²) in [5, 5.41) is 5.53. The Morgan fingerprint density at radius 2 is 1.76 bits per heavy atom. The van der Waals surface area contributed by atoms with E-state index in [4.69, 9.17) is 0 Å². The zero-order valence-corrected chi connectivity index (χ0v) is 13.5. The van der Waals surface area contributed by atoms with Gasteiger partial charge in [0.1, 0.15) is 0 Å². The van der Waals surface area contributed by atoms with Crippen molar-refractivity contribution < 1.29 is 9.59 Å². The summed E-state index contributed by atoms with van der Waals surface area (Å²) in [6.45, 7) is 0.309. The van der Waals surface area contributed by atoms with Crippen molar-refractivity contribution in [2.45, 2.75) is 6.42 Å². The molecule has 0 aliphatic heterocycles. The first-order valence-corrected chi connectivity index (χ1v) is 7.62. The predicted octanol–water partition coefficient (Wildman–Crippen LogP) is 3.05. The van der Waals surface area contributed by atoms with Gasteiger partial charge in [-0.05, 0) is 52.9 Å². The van der Waals surface area contributed by atoms with Crippen LogP contribution in [0.25, 0.3) is 0 Å². The molecule has 0 heterocycles. The van der Waals surface area contributed by atoms with Crippen LogP contribution in [0.4, 0.5) is 5.69 Å². The summed E-state index contributed by atoms with van der Waals surface area (Å²) in [7, 11) is 0. The summed E-state index contributed by atoms with van der Waals surface area (Å²) in [5.41, 5.74) is 1.36. The molecule has 0 spiro atoms. The van der Waals surface area contributed by atoms with E-state index in [1.54, 1.807) is 24.3 Å². The second-order valence-corrected chi connectivity index (χ2v) is 5.68. The van der Waals surface area contributed by atoms with Crippen LogP contribution in [0.15, 0.2) is 54.6 Å². The topological polar surface area (TPSA) is 58.2 Å². The Morgan fingerprint density at radius 1 is 1.00 bits per heavy atom. The minimum absolute atomic E-state index is 0.120. The quantitative estimate of drug-likeness (QED) is 0.767. The first-order chi connectivity index (χ1) is 10.1. The van der Waals surface area contributed by atoms with E-state index in [1.165, 1.54) is 0 Å². The largest absolute Gasteiger partial charge is 0.352 e. The maximum Gasteiger partial charge on any atom is 0.251 e. The molecule has 0 saturated carbocycles. The lowest BCUT2D eigenvalue weighted by atomic mass is 10.2. The van der Waals surface area contributed by atoms with Crippen molar-refractivity contribution in [2.75, 3.05) is 11.9 Å². The number of hydrogen-bond acceptors (Lipinski definition) is 2. The maximum absolute atomic E-state index is 11.8. The maximum atomic E-state index is 11.8. The molecule has 21 heavy (non-hydrogen) atoms. The molecule has 0 fully saturated rings. The fraction of sp³-hybridized carbons (Fsp3) is 0.125. The van der Waals surface area contributed by atoms with E-state index in [0.29, 0.717) is 12.1 Å². The number of benzene rings is 2. The number of hydrogen-bond donors (Lipinski definition) is 2. The van der Waals surface area contributed by atoms with Gasteiger partial charge in [0, 0.05) is 27.8 Å². The Bertz CT molecular complexity index is 629. The van der Waals surface area contributed by atoms with Gasteiger partial charge in [-0.25, -0.2) is 0 Å². The van der Waals surface area contributed by atoms with E-state index in [9.17, 15) is 9.59 Å². The monoisotopic (exact) mass is 394 g/mol. The fourth-order valence-electron chi connectivity index (χ4n) is 1.77. The lowest BCUT2D eigenvalue weighted by Gasteiger charge is -2.07. The van der Waals surface area contributed by atoms with Crippen LogP contribution >= 0.6 is 22.6 Å². The number of anilines is 1. The summed E-state index contributed by atoms with van der Waals surface area (Å²) in [5.74, 6) is -0.289. The minimum atomic E-state index is -0.169. The first kappa shape index (κ1) is 15.5. The predicted molar refractivity (Wildman–Crippen MR) is 91.2 cm³/mol. The van der Waals surface area contributed by atoms with E-state index in [1.807, 2.05) is 30.3 Å². The Labute approximate surface area is 137 Å². The van der Waals surface area contributed by atoms with Crippen LogP contribution in [0, 0.1) is 3.57 Å². The molecule has 0 atom stereocenters. The van der Waals surface area contributed by atoms with Crippen molar-refractivity contribution in [2.24, 2.45) is 0 Å². The summed E-state index contributed by atoms with van der Waals surface area (Å²) >= 11 is 2.19. The molecular formula is C16H15IN2O2. The number of carbonyl (C=O) groups excluding carboxylic acids is 2. The zero-order chi connectivity index (χ0) is 15.1. The van der Waals surface area contributed by atoms with Gasteiger partial charge >= 0.3 is 0 Å². The van der Waals surface area contributed by atoms with Crippen LogP contribution < -0.4 is 10.6 Å². The Hall–Kier alpha value is -1.89. The molecule has 2 rings (SSSR count). The van der Waals surface area contributed by atoms with Crippen LogP contribution in [-0.4, -0.2) is 18.4 Å². The van der Waals surface area contributed by atoms with Crippen molar-refractivity contribution in [3.8, 4) is 0 Å². The Kier molecular flexibility index (Phi) is 5.74. The summed E-state index contributed by atoms with van der Waals surface area (Å²) in [4.78, 5) is 23.6. The molecule has 0 aliphatic carbocycles. The molecule has 108 valence electrons. The molecule has 0 aromatic heterocycles. The average molecular weight is 394 g/mol. The van der Waals surface area contributed by atoms with Gasteiger partial charge in [0.15, 0.2) is 0 Å². The molecule has 2 N–H and O–H groups in total.